The molecule has 0 spiro atoms. The second-order valence-corrected chi connectivity index (χ2v) is 10.4. The molecule has 2 heterocycles. The summed E-state index contributed by atoms with van der Waals surface area (Å²) in [7, 11) is -3.73. The van der Waals surface area contributed by atoms with E-state index in [1.54, 1.807) is 25.1 Å². The van der Waals surface area contributed by atoms with Gasteiger partial charge in [-0.2, -0.15) is 0 Å². The lowest BCUT2D eigenvalue weighted by Crippen LogP contribution is -2.47. The van der Waals surface area contributed by atoms with Crippen molar-refractivity contribution >= 4 is 21.6 Å². The van der Waals surface area contributed by atoms with Crippen molar-refractivity contribution in [1.29, 1.82) is 0 Å². The minimum atomic E-state index is -3.73. The first-order chi connectivity index (χ1) is 15.8. The van der Waals surface area contributed by atoms with E-state index in [-0.39, 0.29) is 5.91 Å². The van der Waals surface area contributed by atoms with E-state index in [4.69, 9.17) is 9.47 Å². The number of carbonyl (C=O) groups excluding carboxylic acids is 1. The van der Waals surface area contributed by atoms with Crippen molar-refractivity contribution in [3.8, 4) is 11.5 Å². The number of carbonyl (C=O) groups is 1. The van der Waals surface area contributed by atoms with Crippen molar-refractivity contribution in [1.82, 2.24) is 10.2 Å². The van der Waals surface area contributed by atoms with Crippen molar-refractivity contribution < 1.29 is 22.7 Å². The van der Waals surface area contributed by atoms with Crippen LogP contribution in [0.3, 0.4) is 0 Å². The lowest BCUT2D eigenvalue weighted by atomic mass is 10.1. The van der Waals surface area contributed by atoms with Crippen molar-refractivity contribution in [2.75, 3.05) is 36.9 Å². The summed E-state index contributed by atoms with van der Waals surface area (Å²) in [5, 5.41) is 2.93. The minimum Gasteiger partial charge on any atom is -0.486 e. The Bertz CT molecular complexity index is 1100. The average Bonchev–Trinajstić information content (AvgIpc) is 3.30. The number of sulfonamides is 1. The first kappa shape index (κ1) is 23.4. The monoisotopic (exact) mass is 473 g/mol. The third kappa shape index (κ3) is 5.59. The van der Waals surface area contributed by atoms with Crippen LogP contribution in [0.5, 0.6) is 11.5 Å². The maximum Gasteiger partial charge on any atom is 0.243 e. The van der Waals surface area contributed by atoms with Crippen LogP contribution >= 0.6 is 0 Å². The molecule has 2 aliphatic rings. The van der Waals surface area contributed by atoms with E-state index in [0.717, 1.165) is 35.8 Å². The molecule has 1 amide bonds. The van der Waals surface area contributed by atoms with Gasteiger partial charge in [0.05, 0.1) is 11.9 Å². The zero-order valence-electron chi connectivity index (χ0n) is 19.1. The van der Waals surface area contributed by atoms with Gasteiger partial charge in [-0.15, -0.1) is 0 Å². The maximum absolute atomic E-state index is 13.0. The summed E-state index contributed by atoms with van der Waals surface area (Å²) in [5.74, 6) is 0.660. The average molecular weight is 474 g/mol. The van der Waals surface area contributed by atoms with Crippen LogP contribution in [0.2, 0.25) is 0 Å². The first-order valence-electron chi connectivity index (χ1n) is 11.3. The fraction of sp³-hybridized carbons (Fsp3) is 0.458. The zero-order chi connectivity index (χ0) is 23.4. The number of rotatable bonds is 8. The lowest BCUT2D eigenvalue weighted by Gasteiger charge is -2.29. The summed E-state index contributed by atoms with van der Waals surface area (Å²) in [6, 6.07) is 12.0. The number of likely N-dealkylation sites (tertiary alicyclic amines) is 1. The van der Waals surface area contributed by atoms with E-state index in [1.165, 1.54) is 18.4 Å². The van der Waals surface area contributed by atoms with Crippen LogP contribution in [0.4, 0.5) is 5.69 Å². The molecule has 1 atom stereocenters. The van der Waals surface area contributed by atoms with Gasteiger partial charge in [-0.25, -0.2) is 8.42 Å². The molecular weight excluding hydrogens is 442 g/mol. The highest BCUT2D eigenvalue weighted by Crippen LogP contribution is 2.35. The Labute approximate surface area is 195 Å². The maximum atomic E-state index is 13.0. The van der Waals surface area contributed by atoms with Gasteiger partial charge in [-0.05, 0) is 56.1 Å². The number of nitrogens with zero attached hydrogens (tertiary/aromatic N) is 2. The van der Waals surface area contributed by atoms with Gasteiger partial charge in [0, 0.05) is 19.2 Å². The fourth-order valence-electron chi connectivity index (χ4n) is 4.37. The summed E-state index contributed by atoms with van der Waals surface area (Å²) in [5.41, 5.74) is 2.58. The van der Waals surface area contributed by atoms with Crippen molar-refractivity contribution in [3.05, 3.63) is 53.6 Å². The molecule has 8 nitrogen and oxygen atoms in total. The summed E-state index contributed by atoms with van der Waals surface area (Å²) in [6.07, 6.45) is 3.54. The molecule has 0 aliphatic carbocycles. The molecular formula is C24H31N3O5S. The predicted molar refractivity (Wildman–Crippen MR) is 127 cm³/mol. The third-order valence-corrected chi connectivity index (χ3v) is 7.27. The quantitative estimate of drug-likeness (QED) is 0.634. The van der Waals surface area contributed by atoms with Crippen LogP contribution in [0.1, 0.15) is 30.9 Å². The third-order valence-electron chi connectivity index (χ3n) is 6.03. The van der Waals surface area contributed by atoms with Crippen LogP contribution in [-0.2, 0) is 27.9 Å². The fourth-order valence-corrected chi connectivity index (χ4v) is 5.54. The zero-order valence-corrected chi connectivity index (χ0v) is 19.9. The number of benzene rings is 2. The van der Waals surface area contributed by atoms with Crippen molar-refractivity contribution in [2.24, 2.45) is 0 Å². The summed E-state index contributed by atoms with van der Waals surface area (Å²) < 4.78 is 37.5. The molecule has 0 bridgehead atoms. The van der Waals surface area contributed by atoms with Crippen molar-refractivity contribution in [2.45, 2.75) is 38.9 Å². The Morgan fingerprint density at radius 1 is 1.06 bits per heavy atom. The van der Waals surface area contributed by atoms with Crippen LogP contribution < -0.4 is 19.1 Å². The Morgan fingerprint density at radius 3 is 2.42 bits per heavy atom. The van der Waals surface area contributed by atoms with Gasteiger partial charge in [-0.1, -0.05) is 24.3 Å². The Balaban J connectivity index is 1.48. The molecule has 0 saturated carbocycles. The second-order valence-electron chi connectivity index (χ2n) is 8.53. The van der Waals surface area contributed by atoms with Gasteiger partial charge in [0.2, 0.25) is 15.9 Å². The van der Waals surface area contributed by atoms with E-state index in [9.17, 15) is 13.2 Å². The first-order valence-corrected chi connectivity index (χ1v) is 13.1. The molecule has 1 fully saturated rings. The Hall–Kier alpha value is -2.78. The molecule has 1 saturated heterocycles. The van der Waals surface area contributed by atoms with Gasteiger partial charge in [-0.3, -0.25) is 14.0 Å². The number of fused-ring (bicyclic) bond motifs is 1. The van der Waals surface area contributed by atoms with Crippen LogP contribution in [0.25, 0.3) is 0 Å². The lowest BCUT2D eigenvalue weighted by molar-refractivity contribution is -0.122. The summed E-state index contributed by atoms with van der Waals surface area (Å²) >= 11 is 0. The van der Waals surface area contributed by atoms with E-state index in [2.05, 4.69) is 16.3 Å². The van der Waals surface area contributed by atoms with Gasteiger partial charge < -0.3 is 14.8 Å². The second kappa shape index (κ2) is 10.0. The molecule has 0 aromatic heterocycles. The van der Waals surface area contributed by atoms with Gasteiger partial charge in [0.15, 0.2) is 11.5 Å². The molecule has 33 heavy (non-hydrogen) atoms. The number of anilines is 1. The highest BCUT2D eigenvalue weighted by atomic mass is 32.2. The molecule has 2 aromatic rings. The van der Waals surface area contributed by atoms with Gasteiger partial charge in [0.1, 0.15) is 19.3 Å². The number of ether oxygens (including phenoxy) is 2. The van der Waals surface area contributed by atoms with E-state index in [0.29, 0.717) is 36.9 Å². The Morgan fingerprint density at radius 2 is 1.73 bits per heavy atom. The van der Waals surface area contributed by atoms with Crippen LogP contribution in [0.15, 0.2) is 42.5 Å². The largest absolute Gasteiger partial charge is 0.486 e. The molecule has 2 aromatic carbocycles. The number of hydrogen-bond acceptors (Lipinski definition) is 6. The number of amides is 1. The van der Waals surface area contributed by atoms with E-state index >= 15 is 0 Å². The standard InChI is InChI=1S/C24H31N3O5S/c1-18(27(33(2,29)30)21-9-10-22-23(15-21)32-14-13-31-22)24(28)25-16-19-7-3-4-8-20(19)17-26-11-5-6-12-26/h3-4,7-10,15,18H,5-6,11-14,16-17H2,1-2H3,(H,25,28). The van der Waals surface area contributed by atoms with Crippen molar-refractivity contribution in [3.63, 3.8) is 0 Å². The number of nitrogens with one attached hydrogen (secondary N) is 1. The highest BCUT2D eigenvalue weighted by molar-refractivity contribution is 7.92. The predicted octanol–water partition coefficient (Wildman–Crippen LogP) is 2.52. The van der Waals surface area contributed by atoms with Gasteiger partial charge in [0.25, 0.3) is 0 Å². The highest BCUT2D eigenvalue weighted by Gasteiger charge is 2.30. The number of hydrogen-bond donors (Lipinski definition) is 1. The van der Waals surface area contributed by atoms with Crippen LogP contribution in [-0.4, -0.2) is 57.8 Å². The normalized spacial score (nSPS) is 16.9. The topological polar surface area (TPSA) is 88.2 Å². The molecule has 1 N–H and O–H groups in total. The van der Waals surface area contributed by atoms with Crippen LogP contribution in [0, 0.1) is 0 Å². The van der Waals surface area contributed by atoms with Gasteiger partial charge >= 0.3 is 0 Å². The smallest absolute Gasteiger partial charge is 0.243 e. The molecule has 9 heteroatoms. The summed E-state index contributed by atoms with van der Waals surface area (Å²) in [4.78, 5) is 15.5. The van der Waals surface area contributed by atoms with E-state index < -0.39 is 16.1 Å². The molecule has 4 rings (SSSR count). The minimum absolute atomic E-state index is 0.339. The Kier molecular flexibility index (Phi) is 7.09. The van der Waals surface area contributed by atoms with E-state index in [1.807, 2.05) is 18.2 Å². The molecule has 0 radical (unpaired) electrons. The molecule has 178 valence electrons. The SMILES string of the molecule is CC(C(=O)NCc1ccccc1CN1CCCC1)N(c1ccc2c(c1)OCCO2)S(C)(=O)=O. The molecule has 2 aliphatic heterocycles. The molecule has 1 unspecified atom stereocenters. The summed E-state index contributed by atoms with van der Waals surface area (Å²) in [6.45, 7) is 5.80.